The number of halogens is 1. The third-order valence-electron chi connectivity index (χ3n) is 3.31. The molecule has 1 atom stereocenters. The van der Waals surface area contributed by atoms with Crippen LogP contribution in [0.25, 0.3) is 0 Å². The molecule has 0 bridgehead atoms. The van der Waals surface area contributed by atoms with Crippen molar-refractivity contribution in [1.29, 1.82) is 0 Å². The van der Waals surface area contributed by atoms with E-state index in [0.29, 0.717) is 28.9 Å². The Morgan fingerprint density at radius 2 is 2.19 bits per heavy atom. The summed E-state index contributed by atoms with van der Waals surface area (Å²) in [6.45, 7) is 4.65. The first-order valence-electron chi connectivity index (χ1n) is 6.88. The van der Waals surface area contributed by atoms with Gasteiger partial charge in [0.05, 0.1) is 12.1 Å². The Labute approximate surface area is 128 Å². The van der Waals surface area contributed by atoms with Gasteiger partial charge in [-0.3, -0.25) is 9.59 Å². The van der Waals surface area contributed by atoms with Gasteiger partial charge in [0, 0.05) is 11.6 Å². The molecule has 0 saturated heterocycles. The summed E-state index contributed by atoms with van der Waals surface area (Å²) in [6.07, 6.45) is -0.514. The number of rotatable bonds is 5. The minimum Gasteiger partial charge on any atom is -0.481 e. The van der Waals surface area contributed by atoms with Crippen LogP contribution >= 0.6 is 11.6 Å². The quantitative estimate of drug-likeness (QED) is 0.908. The van der Waals surface area contributed by atoms with Gasteiger partial charge >= 0.3 is 5.97 Å². The zero-order valence-corrected chi connectivity index (χ0v) is 12.8. The highest BCUT2D eigenvalue weighted by Crippen LogP contribution is 2.37. The SMILES string of the molecule is CC(C)CCN1C(=O)C(CC(=O)O)Oc2ccc(Cl)cc21. The molecule has 1 amide bonds. The highest BCUT2D eigenvalue weighted by atomic mass is 35.5. The van der Waals surface area contributed by atoms with E-state index in [1.54, 1.807) is 23.1 Å². The first kappa shape index (κ1) is 15.6. The molecule has 0 aliphatic carbocycles. The number of hydrogen-bond acceptors (Lipinski definition) is 3. The van der Waals surface area contributed by atoms with E-state index >= 15 is 0 Å². The predicted octanol–water partition coefficient (Wildman–Crippen LogP) is 2.95. The number of carbonyl (C=O) groups excluding carboxylic acids is 1. The Balaban J connectivity index is 2.32. The van der Waals surface area contributed by atoms with Gasteiger partial charge in [-0.25, -0.2) is 0 Å². The number of carboxylic acids is 1. The van der Waals surface area contributed by atoms with Crippen molar-refractivity contribution in [1.82, 2.24) is 0 Å². The molecular formula is C15H18ClNO4. The average molecular weight is 312 g/mol. The first-order valence-corrected chi connectivity index (χ1v) is 7.25. The third-order valence-corrected chi connectivity index (χ3v) is 3.55. The molecule has 2 rings (SSSR count). The van der Waals surface area contributed by atoms with Crippen LogP contribution in [0.1, 0.15) is 26.7 Å². The average Bonchev–Trinajstić information content (AvgIpc) is 2.38. The number of aliphatic carboxylic acids is 1. The molecule has 0 spiro atoms. The van der Waals surface area contributed by atoms with Crippen LogP contribution in [0.2, 0.25) is 5.02 Å². The van der Waals surface area contributed by atoms with Crippen LogP contribution < -0.4 is 9.64 Å². The van der Waals surface area contributed by atoms with Gasteiger partial charge in [0.25, 0.3) is 5.91 Å². The smallest absolute Gasteiger partial charge is 0.307 e. The lowest BCUT2D eigenvalue weighted by Gasteiger charge is -2.34. The fraction of sp³-hybridized carbons (Fsp3) is 0.467. The number of nitrogens with zero attached hydrogens (tertiary/aromatic N) is 1. The first-order chi connectivity index (χ1) is 9.88. The maximum absolute atomic E-state index is 12.4. The van der Waals surface area contributed by atoms with E-state index < -0.39 is 12.1 Å². The van der Waals surface area contributed by atoms with Crippen molar-refractivity contribution in [3.8, 4) is 5.75 Å². The number of anilines is 1. The number of amides is 1. The summed E-state index contributed by atoms with van der Waals surface area (Å²) in [5.41, 5.74) is 0.606. The summed E-state index contributed by atoms with van der Waals surface area (Å²) in [5, 5.41) is 9.42. The Kier molecular flexibility index (Phi) is 4.73. The molecule has 0 aromatic heterocycles. The van der Waals surface area contributed by atoms with Crippen LogP contribution in [-0.4, -0.2) is 29.6 Å². The van der Waals surface area contributed by atoms with Crippen molar-refractivity contribution in [3.05, 3.63) is 23.2 Å². The van der Waals surface area contributed by atoms with Gasteiger partial charge in [-0.1, -0.05) is 25.4 Å². The summed E-state index contributed by atoms with van der Waals surface area (Å²) < 4.78 is 5.52. The van der Waals surface area contributed by atoms with E-state index in [9.17, 15) is 9.59 Å². The summed E-state index contributed by atoms with van der Waals surface area (Å²) in [4.78, 5) is 24.9. The second-order valence-corrected chi connectivity index (χ2v) is 5.93. The van der Waals surface area contributed by atoms with E-state index in [1.807, 2.05) is 0 Å². The van der Waals surface area contributed by atoms with Gasteiger partial charge in [-0.05, 0) is 30.5 Å². The largest absolute Gasteiger partial charge is 0.481 e. The standard InChI is InChI=1S/C15H18ClNO4/c1-9(2)5-6-17-11-7-10(16)3-4-12(11)21-13(15(17)20)8-14(18)19/h3-4,7,9,13H,5-6,8H2,1-2H3,(H,18,19). The number of carboxylic acid groups (broad SMARTS) is 1. The van der Waals surface area contributed by atoms with Gasteiger partial charge in [0.2, 0.25) is 0 Å². The van der Waals surface area contributed by atoms with E-state index in [2.05, 4.69) is 13.8 Å². The number of hydrogen-bond donors (Lipinski definition) is 1. The van der Waals surface area contributed by atoms with Gasteiger partial charge in [-0.15, -0.1) is 0 Å². The van der Waals surface area contributed by atoms with Crippen molar-refractivity contribution in [3.63, 3.8) is 0 Å². The number of fused-ring (bicyclic) bond motifs is 1. The number of benzene rings is 1. The van der Waals surface area contributed by atoms with E-state index in [0.717, 1.165) is 6.42 Å². The summed E-state index contributed by atoms with van der Waals surface area (Å²) in [6, 6.07) is 5.00. The highest BCUT2D eigenvalue weighted by molar-refractivity contribution is 6.31. The molecule has 0 saturated carbocycles. The maximum atomic E-state index is 12.4. The molecular weight excluding hydrogens is 294 g/mol. The number of carbonyl (C=O) groups is 2. The zero-order chi connectivity index (χ0) is 15.6. The second-order valence-electron chi connectivity index (χ2n) is 5.49. The molecule has 1 aliphatic heterocycles. The molecule has 21 heavy (non-hydrogen) atoms. The van der Waals surface area contributed by atoms with Crippen molar-refractivity contribution >= 4 is 29.2 Å². The van der Waals surface area contributed by atoms with Crippen LogP contribution in [0.3, 0.4) is 0 Å². The third kappa shape index (κ3) is 3.67. The Morgan fingerprint density at radius 3 is 2.81 bits per heavy atom. The molecule has 1 heterocycles. The van der Waals surface area contributed by atoms with Gasteiger partial charge in [0.15, 0.2) is 6.10 Å². The van der Waals surface area contributed by atoms with Crippen LogP contribution in [0.5, 0.6) is 5.75 Å². The Hall–Kier alpha value is -1.75. The molecule has 1 aromatic rings. The Morgan fingerprint density at radius 1 is 1.48 bits per heavy atom. The molecule has 1 N–H and O–H groups in total. The van der Waals surface area contributed by atoms with Crippen LogP contribution in [0.4, 0.5) is 5.69 Å². The van der Waals surface area contributed by atoms with Crippen LogP contribution in [0.15, 0.2) is 18.2 Å². The molecule has 1 aliphatic rings. The maximum Gasteiger partial charge on any atom is 0.307 e. The van der Waals surface area contributed by atoms with Crippen molar-refractivity contribution in [2.75, 3.05) is 11.4 Å². The van der Waals surface area contributed by atoms with Crippen molar-refractivity contribution in [2.24, 2.45) is 5.92 Å². The normalized spacial score (nSPS) is 17.6. The zero-order valence-electron chi connectivity index (χ0n) is 12.0. The lowest BCUT2D eigenvalue weighted by atomic mass is 10.1. The second kappa shape index (κ2) is 6.35. The molecule has 114 valence electrons. The van der Waals surface area contributed by atoms with E-state index in [-0.39, 0.29) is 12.3 Å². The topological polar surface area (TPSA) is 66.8 Å². The fourth-order valence-electron chi connectivity index (χ4n) is 2.20. The molecule has 0 fully saturated rings. The van der Waals surface area contributed by atoms with Crippen molar-refractivity contribution in [2.45, 2.75) is 32.8 Å². The van der Waals surface area contributed by atoms with Gasteiger partial charge in [0.1, 0.15) is 5.75 Å². The molecule has 1 aromatic carbocycles. The molecule has 0 radical (unpaired) electrons. The number of ether oxygens (including phenoxy) is 1. The van der Waals surface area contributed by atoms with E-state index in [4.69, 9.17) is 21.4 Å². The summed E-state index contributed by atoms with van der Waals surface area (Å²) >= 11 is 5.99. The monoisotopic (exact) mass is 311 g/mol. The molecule has 6 heteroatoms. The van der Waals surface area contributed by atoms with Crippen molar-refractivity contribution < 1.29 is 19.4 Å². The van der Waals surface area contributed by atoms with Gasteiger partial charge in [-0.2, -0.15) is 0 Å². The molecule has 1 unspecified atom stereocenters. The summed E-state index contributed by atoms with van der Waals surface area (Å²) in [5.74, 6) is -0.461. The lowest BCUT2D eigenvalue weighted by molar-refractivity contribution is -0.142. The highest BCUT2D eigenvalue weighted by Gasteiger charge is 2.35. The minimum atomic E-state index is -1.06. The predicted molar refractivity (Wildman–Crippen MR) is 79.9 cm³/mol. The Bertz CT molecular complexity index is 559. The lowest BCUT2D eigenvalue weighted by Crippen LogP contribution is -2.47. The van der Waals surface area contributed by atoms with Crippen LogP contribution in [-0.2, 0) is 9.59 Å². The van der Waals surface area contributed by atoms with Crippen LogP contribution in [0, 0.1) is 5.92 Å². The van der Waals surface area contributed by atoms with E-state index in [1.165, 1.54) is 0 Å². The van der Waals surface area contributed by atoms with Gasteiger partial charge < -0.3 is 14.7 Å². The summed E-state index contributed by atoms with van der Waals surface area (Å²) in [7, 11) is 0. The molecule has 5 nitrogen and oxygen atoms in total. The minimum absolute atomic E-state index is 0.326. The fourth-order valence-corrected chi connectivity index (χ4v) is 2.37.